The van der Waals surface area contributed by atoms with Crippen LogP contribution in [0.15, 0.2) is 57.0 Å². The Hall–Kier alpha value is -2.91. The standard InChI is InChI=1S/C27H35N7OS/c1-18-15-22(28-17-18)30-23-16-24(33-11-13-34(14-12-33)27(2,3)4)32-26(31-23)36-21-9-7-20(8-10-21)29-25(35)19-5-6-19/h7-10,15-16,19H,5-6,11-14,17H2,1-4H3,(H,29,35)(H,28,30,31,32). The van der Waals surface area contributed by atoms with Crippen molar-refractivity contribution in [2.45, 2.75) is 56.1 Å². The summed E-state index contributed by atoms with van der Waals surface area (Å²) in [6.45, 7) is 13.5. The summed E-state index contributed by atoms with van der Waals surface area (Å²) in [6.07, 6.45) is 4.05. The normalized spacial score (nSPS) is 18.6. The fourth-order valence-corrected chi connectivity index (χ4v) is 5.10. The lowest BCUT2D eigenvalue weighted by molar-refractivity contribution is -0.117. The van der Waals surface area contributed by atoms with Crippen LogP contribution in [0, 0.1) is 5.92 Å². The van der Waals surface area contributed by atoms with Gasteiger partial charge in [-0.2, -0.15) is 0 Å². The molecule has 1 amide bonds. The van der Waals surface area contributed by atoms with Gasteiger partial charge in [0.15, 0.2) is 5.16 Å². The van der Waals surface area contributed by atoms with E-state index in [4.69, 9.17) is 9.97 Å². The van der Waals surface area contributed by atoms with Crippen LogP contribution < -0.4 is 15.5 Å². The lowest BCUT2D eigenvalue weighted by Crippen LogP contribution is -2.53. The summed E-state index contributed by atoms with van der Waals surface area (Å²) in [4.78, 5) is 32.2. The summed E-state index contributed by atoms with van der Waals surface area (Å²) in [6, 6.07) is 9.92. The van der Waals surface area contributed by atoms with Crippen molar-refractivity contribution in [2.75, 3.05) is 48.3 Å². The molecule has 0 atom stereocenters. The van der Waals surface area contributed by atoms with Crippen LogP contribution in [0.5, 0.6) is 0 Å². The molecule has 1 saturated heterocycles. The minimum absolute atomic E-state index is 0.118. The molecule has 190 valence electrons. The second kappa shape index (κ2) is 10.2. The number of hydrogen-bond acceptors (Lipinski definition) is 8. The van der Waals surface area contributed by atoms with Gasteiger partial charge in [0.1, 0.15) is 17.5 Å². The number of amidine groups is 1. The predicted molar refractivity (Wildman–Crippen MR) is 147 cm³/mol. The number of nitrogens with one attached hydrogen (secondary N) is 2. The van der Waals surface area contributed by atoms with Gasteiger partial charge in [0, 0.05) is 54.3 Å². The molecule has 36 heavy (non-hydrogen) atoms. The van der Waals surface area contributed by atoms with E-state index in [-0.39, 0.29) is 17.4 Å². The highest BCUT2D eigenvalue weighted by Gasteiger charge is 2.29. The van der Waals surface area contributed by atoms with E-state index < -0.39 is 0 Å². The van der Waals surface area contributed by atoms with Gasteiger partial charge in [-0.05, 0) is 88.2 Å². The third kappa shape index (κ3) is 6.25. The minimum Gasteiger partial charge on any atom is -0.354 e. The van der Waals surface area contributed by atoms with E-state index >= 15 is 0 Å². The van der Waals surface area contributed by atoms with Gasteiger partial charge in [-0.15, -0.1) is 0 Å². The van der Waals surface area contributed by atoms with Crippen LogP contribution in [0.3, 0.4) is 0 Å². The van der Waals surface area contributed by atoms with Crippen molar-refractivity contribution >= 4 is 40.8 Å². The van der Waals surface area contributed by atoms with Crippen molar-refractivity contribution in [3.05, 3.63) is 42.0 Å². The topological polar surface area (TPSA) is 85.8 Å². The number of amides is 1. The highest BCUT2D eigenvalue weighted by atomic mass is 32.2. The zero-order valence-electron chi connectivity index (χ0n) is 21.5. The Bertz CT molecular complexity index is 1170. The van der Waals surface area contributed by atoms with Crippen molar-refractivity contribution < 1.29 is 4.79 Å². The number of benzene rings is 1. The first-order chi connectivity index (χ1) is 17.2. The highest BCUT2D eigenvalue weighted by Crippen LogP contribution is 2.32. The van der Waals surface area contributed by atoms with Crippen LogP contribution in [0.25, 0.3) is 0 Å². The Morgan fingerprint density at radius 3 is 2.39 bits per heavy atom. The number of anilines is 3. The average Bonchev–Trinajstić information content (AvgIpc) is 3.62. The molecule has 2 aliphatic heterocycles. The molecule has 5 rings (SSSR count). The van der Waals surface area contributed by atoms with Crippen LogP contribution in [-0.2, 0) is 4.79 Å². The Kier molecular flexibility index (Phi) is 7.03. The quantitative estimate of drug-likeness (QED) is 0.552. The summed E-state index contributed by atoms with van der Waals surface area (Å²) < 4.78 is 0. The lowest BCUT2D eigenvalue weighted by Gasteiger charge is -2.42. The number of carbonyl (C=O) groups is 1. The van der Waals surface area contributed by atoms with Crippen molar-refractivity contribution in [3.63, 3.8) is 0 Å². The van der Waals surface area contributed by atoms with Crippen LogP contribution in [0.2, 0.25) is 0 Å². The number of nitrogens with zero attached hydrogens (tertiary/aromatic N) is 5. The molecule has 0 bridgehead atoms. The second-order valence-corrected chi connectivity index (χ2v) is 11.8. The summed E-state index contributed by atoms with van der Waals surface area (Å²) in [7, 11) is 0. The van der Waals surface area contributed by atoms with Crippen LogP contribution >= 0.6 is 11.8 Å². The van der Waals surface area contributed by atoms with E-state index in [1.165, 1.54) is 17.3 Å². The van der Waals surface area contributed by atoms with E-state index in [0.717, 1.165) is 73.6 Å². The second-order valence-electron chi connectivity index (χ2n) is 10.7. The average molecular weight is 506 g/mol. The smallest absolute Gasteiger partial charge is 0.227 e. The highest BCUT2D eigenvalue weighted by molar-refractivity contribution is 7.99. The lowest BCUT2D eigenvalue weighted by atomic mass is 10.1. The van der Waals surface area contributed by atoms with E-state index in [1.807, 2.05) is 30.3 Å². The Morgan fingerprint density at radius 1 is 1.06 bits per heavy atom. The van der Waals surface area contributed by atoms with E-state index in [0.29, 0.717) is 5.16 Å². The van der Waals surface area contributed by atoms with Gasteiger partial charge in [-0.3, -0.25) is 14.7 Å². The molecule has 1 aromatic heterocycles. The summed E-state index contributed by atoms with van der Waals surface area (Å²) in [5, 5.41) is 7.06. The maximum atomic E-state index is 12.0. The first kappa shape index (κ1) is 24.8. The predicted octanol–water partition coefficient (Wildman–Crippen LogP) is 4.67. The van der Waals surface area contributed by atoms with Crippen LogP contribution in [0.4, 0.5) is 17.3 Å². The number of piperazine rings is 1. The number of aromatic nitrogens is 2. The molecule has 2 N–H and O–H groups in total. The molecular formula is C27H35N7OS. The van der Waals surface area contributed by atoms with Crippen molar-refractivity contribution in [1.29, 1.82) is 0 Å². The largest absolute Gasteiger partial charge is 0.354 e. The van der Waals surface area contributed by atoms with E-state index in [1.54, 1.807) is 0 Å². The van der Waals surface area contributed by atoms with Crippen LogP contribution in [-0.4, -0.2) is 64.9 Å². The Morgan fingerprint density at radius 2 is 1.78 bits per heavy atom. The summed E-state index contributed by atoms with van der Waals surface area (Å²) in [5.74, 6) is 2.82. The zero-order chi connectivity index (χ0) is 25.3. The third-order valence-corrected chi connectivity index (χ3v) is 7.53. The van der Waals surface area contributed by atoms with Crippen molar-refractivity contribution in [3.8, 4) is 0 Å². The Labute approximate surface area is 217 Å². The molecule has 1 aromatic carbocycles. The fourth-order valence-electron chi connectivity index (χ4n) is 4.33. The summed E-state index contributed by atoms with van der Waals surface area (Å²) in [5.41, 5.74) is 2.22. The molecule has 8 nitrogen and oxygen atoms in total. The minimum atomic E-state index is 0.118. The van der Waals surface area contributed by atoms with Crippen molar-refractivity contribution in [1.82, 2.24) is 14.9 Å². The number of hydrogen-bond donors (Lipinski definition) is 2. The first-order valence-electron chi connectivity index (χ1n) is 12.7. The van der Waals surface area contributed by atoms with Gasteiger partial charge in [-0.25, -0.2) is 9.97 Å². The molecule has 2 aromatic rings. The van der Waals surface area contributed by atoms with Crippen LogP contribution in [0.1, 0.15) is 40.5 Å². The van der Waals surface area contributed by atoms with Gasteiger partial charge < -0.3 is 15.5 Å². The SMILES string of the molecule is CC1=CC(Nc2cc(N3CCN(C(C)(C)C)CC3)nc(Sc3ccc(NC(=O)C4CC4)cc3)n2)=NC1. The molecule has 3 heterocycles. The van der Waals surface area contributed by atoms with Gasteiger partial charge in [0.05, 0.1) is 6.54 Å². The molecule has 0 radical (unpaired) electrons. The van der Waals surface area contributed by atoms with Crippen molar-refractivity contribution in [2.24, 2.45) is 10.9 Å². The van der Waals surface area contributed by atoms with Gasteiger partial charge in [0.25, 0.3) is 0 Å². The first-order valence-corrected chi connectivity index (χ1v) is 13.5. The van der Waals surface area contributed by atoms with E-state index in [2.05, 4.69) is 59.2 Å². The maximum Gasteiger partial charge on any atom is 0.227 e. The van der Waals surface area contributed by atoms with Gasteiger partial charge in [-0.1, -0.05) is 0 Å². The molecule has 0 spiro atoms. The maximum absolute atomic E-state index is 12.0. The van der Waals surface area contributed by atoms with Gasteiger partial charge in [0.2, 0.25) is 5.91 Å². The third-order valence-electron chi connectivity index (χ3n) is 6.66. The van der Waals surface area contributed by atoms with Gasteiger partial charge >= 0.3 is 0 Å². The Balaban J connectivity index is 1.33. The molecular weight excluding hydrogens is 470 g/mol. The molecule has 2 fully saturated rings. The molecule has 9 heteroatoms. The molecule has 1 saturated carbocycles. The van der Waals surface area contributed by atoms with E-state index in [9.17, 15) is 4.79 Å². The summed E-state index contributed by atoms with van der Waals surface area (Å²) >= 11 is 1.52. The monoisotopic (exact) mass is 505 g/mol. The number of rotatable bonds is 6. The zero-order valence-corrected chi connectivity index (χ0v) is 22.4. The number of carbonyl (C=O) groups excluding carboxylic acids is 1. The number of aliphatic imine (C=N–C) groups is 1. The molecule has 1 aliphatic carbocycles. The fraction of sp³-hybridized carbons (Fsp3) is 0.481. The molecule has 3 aliphatic rings. The molecule has 0 unspecified atom stereocenters.